The van der Waals surface area contributed by atoms with Crippen LogP contribution in [0.25, 0.3) is 16.9 Å². The molecule has 4 rings (SSSR count). The summed E-state index contributed by atoms with van der Waals surface area (Å²) in [5.74, 6) is -1.36. The van der Waals surface area contributed by atoms with Gasteiger partial charge in [-0.15, -0.1) is 0 Å². The first-order chi connectivity index (χ1) is 17.9. The Labute approximate surface area is 212 Å². The Morgan fingerprint density at radius 3 is 2.47 bits per heavy atom. The molecule has 2 amide bonds. The van der Waals surface area contributed by atoms with Crippen molar-refractivity contribution >= 4 is 11.7 Å². The number of fused-ring (bicyclic) bond motifs is 1. The molecule has 1 atom stereocenters. The number of methoxy groups -OCH3 is 2. The van der Waals surface area contributed by atoms with Crippen LogP contribution in [0, 0.1) is 5.92 Å². The maximum Gasteiger partial charge on any atom is 0.414 e. The number of imidazole rings is 1. The van der Waals surface area contributed by atoms with E-state index in [1.54, 1.807) is 10.6 Å². The maximum absolute atomic E-state index is 14.4. The third-order valence-electron chi connectivity index (χ3n) is 6.35. The smallest absolute Gasteiger partial charge is 0.414 e. The highest BCUT2D eigenvalue weighted by Gasteiger charge is 2.50. The second-order valence-corrected chi connectivity index (χ2v) is 8.69. The van der Waals surface area contributed by atoms with Gasteiger partial charge in [-0.05, 0) is 25.8 Å². The molecule has 3 aromatic heterocycles. The highest BCUT2D eigenvalue weighted by atomic mass is 19.4. The molecule has 9 nitrogen and oxygen atoms in total. The molecule has 1 N–H and O–H groups in total. The van der Waals surface area contributed by atoms with Crippen molar-refractivity contribution in [1.82, 2.24) is 29.6 Å². The van der Waals surface area contributed by atoms with Crippen molar-refractivity contribution in [3.8, 4) is 22.9 Å². The van der Waals surface area contributed by atoms with Crippen LogP contribution in [0.2, 0.25) is 0 Å². The van der Waals surface area contributed by atoms with Crippen molar-refractivity contribution in [1.29, 1.82) is 0 Å². The molecule has 0 bridgehead atoms. The summed E-state index contributed by atoms with van der Waals surface area (Å²) in [5, 5.41) is 2.29. The maximum atomic E-state index is 14.4. The van der Waals surface area contributed by atoms with E-state index in [0.29, 0.717) is 10.5 Å². The lowest BCUT2D eigenvalue weighted by Crippen LogP contribution is -2.54. The molecule has 0 aliphatic heterocycles. The third-order valence-corrected chi connectivity index (χ3v) is 6.35. The number of carbonyl (C=O) groups excluding carboxylic acids is 1. The summed E-state index contributed by atoms with van der Waals surface area (Å²) >= 11 is 0. The normalized spacial score (nSPS) is 18.6. The number of aromatic nitrogens is 4. The van der Waals surface area contributed by atoms with E-state index in [4.69, 9.17) is 9.47 Å². The Morgan fingerprint density at radius 1 is 1.18 bits per heavy atom. The molecule has 15 heteroatoms. The largest absolute Gasteiger partial charge is 0.494 e. The van der Waals surface area contributed by atoms with E-state index in [0.717, 1.165) is 12.3 Å². The Kier molecular flexibility index (Phi) is 7.30. The van der Waals surface area contributed by atoms with Crippen LogP contribution in [0.4, 0.5) is 31.1 Å². The number of nitrogens with one attached hydrogen (secondary N) is 1. The predicted octanol–water partition coefficient (Wildman–Crippen LogP) is 4.78. The van der Waals surface area contributed by atoms with E-state index >= 15 is 0 Å². The molecule has 0 saturated heterocycles. The van der Waals surface area contributed by atoms with E-state index in [1.165, 1.54) is 33.5 Å². The third kappa shape index (κ3) is 5.27. The number of nitrogens with zero attached hydrogens (tertiary/aromatic N) is 5. The summed E-state index contributed by atoms with van der Waals surface area (Å²) in [6.45, 7) is 0.947. The topological polar surface area (TPSA) is 93.9 Å². The van der Waals surface area contributed by atoms with Crippen LogP contribution in [0.3, 0.4) is 0 Å². The van der Waals surface area contributed by atoms with E-state index in [-0.39, 0.29) is 29.4 Å². The van der Waals surface area contributed by atoms with Crippen molar-refractivity contribution in [3.63, 3.8) is 0 Å². The summed E-state index contributed by atoms with van der Waals surface area (Å²) in [4.78, 5) is 25.7. The number of carbonyl (C=O) groups is 1. The van der Waals surface area contributed by atoms with Crippen molar-refractivity contribution in [2.75, 3.05) is 20.8 Å². The highest BCUT2D eigenvalue weighted by molar-refractivity contribution is 5.76. The average molecular weight is 546 g/mol. The Bertz CT molecular complexity index is 1310. The zero-order chi connectivity index (χ0) is 27.8. The lowest BCUT2D eigenvalue weighted by atomic mass is 9.80. The minimum Gasteiger partial charge on any atom is -0.494 e. The predicted molar refractivity (Wildman–Crippen MR) is 122 cm³/mol. The number of pyridine rings is 1. The minimum atomic E-state index is -4.96. The SMILES string of the molecule is CCN(C(=O)NC1CC(C(F)(F)F)C1)C(c1cc(-c2cn3ccnc3c(OC)n2)c(OC)cn1)C(F)(F)F. The molecular weight excluding hydrogens is 522 g/mol. The van der Waals surface area contributed by atoms with E-state index in [9.17, 15) is 31.1 Å². The molecular formula is C23H24F6N6O3. The first-order valence-electron chi connectivity index (χ1n) is 11.5. The Hall–Kier alpha value is -3.78. The van der Waals surface area contributed by atoms with Crippen molar-refractivity contribution in [3.05, 3.63) is 36.5 Å². The molecule has 1 unspecified atom stereocenters. The average Bonchev–Trinajstić information content (AvgIpc) is 3.30. The van der Waals surface area contributed by atoms with Gasteiger partial charge in [-0.25, -0.2) is 14.8 Å². The zero-order valence-corrected chi connectivity index (χ0v) is 20.5. The van der Waals surface area contributed by atoms with Gasteiger partial charge in [-0.3, -0.25) is 4.98 Å². The second-order valence-electron chi connectivity index (χ2n) is 8.69. The van der Waals surface area contributed by atoms with Gasteiger partial charge in [0.25, 0.3) is 5.88 Å². The van der Waals surface area contributed by atoms with Gasteiger partial charge < -0.3 is 24.1 Å². The number of hydrogen-bond donors (Lipinski definition) is 1. The quantitative estimate of drug-likeness (QED) is 0.429. The summed E-state index contributed by atoms with van der Waals surface area (Å²) in [7, 11) is 2.68. The Morgan fingerprint density at radius 2 is 1.89 bits per heavy atom. The second kappa shape index (κ2) is 10.2. The van der Waals surface area contributed by atoms with Gasteiger partial charge in [0.2, 0.25) is 0 Å². The molecule has 0 radical (unpaired) electrons. The lowest BCUT2D eigenvalue weighted by Gasteiger charge is -2.39. The summed E-state index contributed by atoms with van der Waals surface area (Å²) < 4.78 is 93.6. The number of alkyl halides is 6. The van der Waals surface area contributed by atoms with Crippen LogP contribution in [-0.4, -0.2) is 69.4 Å². The van der Waals surface area contributed by atoms with Gasteiger partial charge in [0.05, 0.1) is 37.7 Å². The minimum absolute atomic E-state index is 0.115. The van der Waals surface area contributed by atoms with Crippen molar-refractivity contribution in [2.24, 2.45) is 5.92 Å². The van der Waals surface area contributed by atoms with E-state index in [2.05, 4.69) is 20.3 Å². The molecule has 38 heavy (non-hydrogen) atoms. The number of urea groups is 1. The van der Waals surface area contributed by atoms with Gasteiger partial charge >= 0.3 is 18.4 Å². The van der Waals surface area contributed by atoms with E-state index in [1.807, 2.05) is 0 Å². The molecule has 1 fully saturated rings. The van der Waals surface area contributed by atoms with Crippen LogP contribution in [0.15, 0.2) is 30.9 Å². The molecule has 0 spiro atoms. The number of halogens is 6. The van der Waals surface area contributed by atoms with Gasteiger partial charge in [0.15, 0.2) is 11.7 Å². The molecule has 3 aromatic rings. The van der Waals surface area contributed by atoms with Crippen LogP contribution < -0.4 is 14.8 Å². The standard InChI is InChI=1S/C23H24F6N6O3/c1-4-35(21(36)32-13-7-12(8-13)22(24,25)26)18(23(27,28)29)15-9-14(17(37-2)10-31-15)16-11-34-6-5-30-19(34)20(33-16)38-3/h5-6,9-13,18H,4,7-8H2,1-3H3,(H,32,36). The number of hydrogen-bond acceptors (Lipinski definition) is 6. The first-order valence-corrected chi connectivity index (χ1v) is 11.5. The molecule has 0 aromatic carbocycles. The van der Waals surface area contributed by atoms with Gasteiger partial charge in [0, 0.05) is 36.7 Å². The fourth-order valence-corrected chi connectivity index (χ4v) is 4.35. The highest BCUT2D eigenvalue weighted by Crippen LogP contribution is 2.42. The van der Waals surface area contributed by atoms with Crippen molar-refractivity contribution < 1.29 is 40.6 Å². The summed E-state index contributed by atoms with van der Waals surface area (Å²) in [5.41, 5.74) is 0.187. The van der Waals surface area contributed by atoms with Crippen molar-refractivity contribution in [2.45, 2.75) is 44.2 Å². The number of ether oxygens (including phenoxy) is 2. The van der Waals surface area contributed by atoms with Crippen LogP contribution in [0.5, 0.6) is 11.6 Å². The van der Waals surface area contributed by atoms with Gasteiger partial charge in [-0.2, -0.15) is 26.3 Å². The molecule has 1 aliphatic carbocycles. The fraction of sp³-hybridized carbons (Fsp3) is 0.478. The first kappa shape index (κ1) is 27.3. The summed E-state index contributed by atoms with van der Waals surface area (Å²) in [6.07, 6.45) is -4.45. The Balaban J connectivity index is 1.69. The zero-order valence-electron chi connectivity index (χ0n) is 20.5. The van der Waals surface area contributed by atoms with Crippen LogP contribution >= 0.6 is 0 Å². The van der Waals surface area contributed by atoms with Crippen LogP contribution in [0.1, 0.15) is 31.5 Å². The lowest BCUT2D eigenvalue weighted by molar-refractivity contribution is -0.198. The monoisotopic (exact) mass is 546 g/mol. The fourth-order valence-electron chi connectivity index (χ4n) is 4.35. The van der Waals surface area contributed by atoms with Crippen LogP contribution in [-0.2, 0) is 0 Å². The van der Waals surface area contributed by atoms with Gasteiger partial charge in [0.1, 0.15) is 5.75 Å². The number of amides is 2. The van der Waals surface area contributed by atoms with E-state index < -0.39 is 54.9 Å². The van der Waals surface area contributed by atoms with Gasteiger partial charge in [-0.1, -0.05) is 0 Å². The number of rotatable bonds is 7. The molecule has 1 saturated carbocycles. The molecule has 206 valence electrons. The molecule has 3 heterocycles. The molecule has 1 aliphatic rings. The summed E-state index contributed by atoms with van der Waals surface area (Å²) in [6, 6.07) is -3.40.